The van der Waals surface area contributed by atoms with Crippen LogP contribution in [0.4, 0.5) is 39.8 Å². The molecule has 7 aliphatic heterocycles. The molecule has 23 nitrogen and oxygen atoms in total. The number of allylic oxidation sites excluding steroid dienone is 4. The van der Waals surface area contributed by atoms with Crippen molar-refractivity contribution in [2.45, 2.75) is 117 Å². The third-order valence-electron chi connectivity index (χ3n) is 17.5. The average molecular weight is 1850 g/mol. The SMILES string of the molecule is CC.CC.CC.CC.CC.CC.CC.CN1C=[N+](C)C=C2[CH-]C=CC=C21.CN1C=[N+](C)[N-]c2ccccc21.C[N+]1=C(Oc2ccccc2N=N)Oc2ccccc2N1.C[N+]1=C(Sc2ccccc2N=N)Sc2ccccc2N1.C[N+]1=CP(C)c2ccccc2[N-]1.C[N+]1=Cc2ccccc2O[C-]1[OH+]c1ccccc1C=N.C[N+]1=Cc2ccccc2S[C-]1[SH+]c1ccccc1C=N. The number of hydrazine groups is 2. The lowest BCUT2D eigenvalue weighted by Gasteiger charge is -2.29. The van der Waals surface area contributed by atoms with Gasteiger partial charge in [-0.05, 0) is 135 Å². The molecule has 10 aromatic rings. The average Bonchev–Trinajstić information content (AvgIpc) is 0.831. The Morgan fingerprint density at radius 2 is 1.10 bits per heavy atom. The molecule has 0 amide bonds. The maximum atomic E-state index is 7.50. The number of benzene rings is 10. The summed E-state index contributed by atoms with van der Waals surface area (Å²) in [7, 11) is 17.6. The first-order chi connectivity index (χ1) is 63.4. The molecule has 1 aliphatic carbocycles. The van der Waals surface area contributed by atoms with Crippen molar-refractivity contribution in [1.82, 2.24) is 4.90 Å². The minimum absolute atomic E-state index is 0.140. The predicted molar refractivity (Wildman–Crippen MR) is 557 cm³/mol. The second-order valence-electron chi connectivity index (χ2n) is 26.2. The Morgan fingerprint density at radius 3 is 1.80 bits per heavy atom. The minimum Gasteiger partial charge on any atom is -0.545 e. The van der Waals surface area contributed by atoms with Crippen LogP contribution in [0.1, 0.15) is 119 Å². The smallest absolute Gasteiger partial charge is 0.545 e. The summed E-state index contributed by atoms with van der Waals surface area (Å²) >= 11 is 6.28. The molecular weight excluding hydrogens is 1710 g/mol. The van der Waals surface area contributed by atoms with E-state index in [4.69, 9.17) is 36.1 Å². The summed E-state index contributed by atoms with van der Waals surface area (Å²) < 4.78 is 37.5. The molecule has 0 bridgehead atoms. The molecule has 0 spiro atoms. The number of hydrogen-bond acceptors (Lipinski definition) is 16. The fraction of sp³-hybridized carbons (Fsp3) is 0.235. The highest BCUT2D eigenvalue weighted by Crippen LogP contribution is 2.42. The summed E-state index contributed by atoms with van der Waals surface area (Å²) in [6.07, 6.45) is 22.1. The monoisotopic (exact) mass is 1850 g/mol. The topological polar surface area (TPSA) is 240 Å². The molecule has 28 heteroatoms. The molecule has 7 N–H and O–H groups in total. The fourth-order valence-electron chi connectivity index (χ4n) is 12.0. The third-order valence-corrected chi connectivity index (χ3v) is 24.7. The number of para-hydroxylation sites is 9. The highest BCUT2D eigenvalue weighted by molar-refractivity contribution is 8.38. The molecule has 0 saturated carbocycles. The number of aliphatic hydroxyl groups is 1. The molecule has 7 heterocycles. The maximum Gasteiger partial charge on any atom is 0.590 e. The zero-order valence-corrected chi connectivity index (χ0v) is 83.9. The van der Waals surface area contributed by atoms with Gasteiger partial charge in [0.05, 0.1) is 39.4 Å². The van der Waals surface area contributed by atoms with Crippen molar-refractivity contribution in [3.05, 3.63) is 329 Å². The Morgan fingerprint density at radius 1 is 0.554 bits per heavy atom. The zero-order valence-electron chi connectivity index (χ0n) is 79.6. The summed E-state index contributed by atoms with van der Waals surface area (Å²) in [4.78, 5) is 8.83. The van der Waals surface area contributed by atoms with Crippen molar-refractivity contribution in [2.24, 2.45) is 10.2 Å². The van der Waals surface area contributed by atoms with Gasteiger partial charge < -0.3 is 49.9 Å². The van der Waals surface area contributed by atoms with Gasteiger partial charge >= 0.3 is 16.9 Å². The summed E-state index contributed by atoms with van der Waals surface area (Å²) in [6.45, 7) is 30.2. The van der Waals surface area contributed by atoms with Gasteiger partial charge in [0.1, 0.15) is 49.6 Å². The van der Waals surface area contributed by atoms with Crippen molar-refractivity contribution in [3.63, 3.8) is 0 Å². The first-order valence-corrected chi connectivity index (χ1v) is 48.7. The fourth-order valence-corrected chi connectivity index (χ4v) is 18.1. The molecule has 10 aromatic carbocycles. The number of thioether (sulfide) groups is 3. The second kappa shape index (κ2) is 59.3. The first-order valence-electron chi connectivity index (χ1n) is 43.5. The molecule has 1 unspecified atom stereocenters. The van der Waals surface area contributed by atoms with Crippen LogP contribution in [-0.2, 0) is 11.8 Å². The lowest BCUT2D eigenvalue weighted by Crippen LogP contribution is -2.35. The number of hydrogen-bond donors (Lipinski definition) is 6. The van der Waals surface area contributed by atoms with Crippen molar-refractivity contribution >= 4 is 154 Å². The summed E-state index contributed by atoms with van der Waals surface area (Å²) in [5, 5.41) is 23.3. The van der Waals surface area contributed by atoms with Gasteiger partial charge in [0.15, 0.2) is 36.4 Å². The Kier molecular flexibility index (Phi) is 49.1. The van der Waals surface area contributed by atoms with E-state index in [9.17, 15) is 0 Å². The predicted octanol–water partition coefficient (Wildman–Crippen LogP) is 25.5. The highest BCUT2D eigenvalue weighted by atomic mass is 32.2. The zero-order chi connectivity index (χ0) is 95.5. The number of nitrogens with zero attached hydrogens (tertiary/aromatic N) is 13. The van der Waals surface area contributed by atoms with Crippen LogP contribution in [0.5, 0.6) is 23.0 Å². The highest BCUT2D eigenvalue weighted by Gasteiger charge is 2.32. The molecule has 18 rings (SSSR count). The van der Waals surface area contributed by atoms with E-state index in [1.54, 1.807) is 65.2 Å². The maximum absolute atomic E-state index is 7.50. The summed E-state index contributed by atoms with van der Waals surface area (Å²) in [5.74, 6) is 4.83. The first kappa shape index (κ1) is 108. The molecule has 684 valence electrons. The number of fused-ring (bicyclic) bond motifs is 7. The Labute approximate surface area is 791 Å². The van der Waals surface area contributed by atoms with Gasteiger partial charge in [-0.15, -0.1) is 23.3 Å². The Bertz CT molecular complexity index is 5330. The van der Waals surface area contributed by atoms with Gasteiger partial charge in [0.2, 0.25) is 12.7 Å². The molecular formula is C102H132N19O4PS4+4. The summed E-state index contributed by atoms with van der Waals surface area (Å²) in [6, 6.07) is 78.8. The number of rotatable bonds is 10. The molecule has 0 radical (unpaired) electrons. The van der Waals surface area contributed by atoms with Crippen LogP contribution < -0.4 is 35.3 Å². The standard InChI is InChI=1S/C16H15N2O2.C16H15N2S2.C14H13N4O2.C14H13N4S2.C10H12N2.C9H11N3.C9H11N2P.7C2H6/c2*1-18-11-13-7-3-5-9-15(13)20-16(18)19-14-8-4-2-6-12(14)10-17;2*1-18-14(19-12-8-4-2-6-10(12)16-15)20-13-9-5-3-7-11(13)17-18;1-11-7-9-5-3-4-6-10(9)12(2)8-11;1-11-7-12(2)10-8-5-3-4-6-9(8)11;1-11-7-12(2)9-6-4-3-5-8(9)10-11;7*1-2/h2*2-11,17,19H,1H3;2*2-9,15,17H,1H3;3-8H,1-2H3;2*3-7H,1-2H3;7*1-2H3/q4*+1;;;;;;;;;;. The van der Waals surface area contributed by atoms with Crippen LogP contribution in [-0.4, -0.2) is 166 Å². The van der Waals surface area contributed by atoms with E-state index in [2.05, 4.69) is 192 Å². The van der Waals surface area contributed by atoms with Crippen molar-refractivity contribution in [1.29, 1.82) is 21.9 Å². The number of anilines is 3. The van der Waals surface area contributed by atoms with Crippen LogP contribution in [0.25, 0.3) is 10.9 Å². The van der Waals surface area contributed by atoms with Gasteiger partial charge in [-0.25, -0.2) is 20.5 Å². The third kappa shape index (κ3) is 32.1. The van der Waals surface area contributed by atoms with Gasteiger partial charge in [0, 0.05) is 77.9 Å². The number of thiol groups is 1. The van der Waals surface area contributed by atoms with E-state index >= 15 is 0 Å². The molecule has 8 aliphatic rings. The van der Waals surface area contributed by atoms with E-state index in [0.717, 1.165) is 77.7 Å². The van der Waals surface area contributed by atoms with Crippen LogP contribution in [0.2, 0.25) is 0 Å². The van der Waals surface area contributed by atoms with Gasteiger partial charge in [-0.3, -0.25) is 14.2 Å². The molecule has 0 aromatic heterocycles. The quantitative estimate of drug-likeness (QED) is 0.0144. The number of nitrogens with one attached hydrogen (secondary N) is 6. The van der Waals surface area contributed by atoms with Crippen LogP contribution >= 0.6 is 43.2 Å². The van der Waals surface area contributed by atoms with E-state index in [0.29, 0.717) is 29.3 Å². The Hall–Kier alpha value is -12.9. The Balaban J connectivity index is 0.000000265. The van der Waals surface area contributed by atoms with E-state index < -0.39 is 0 Å². The molecule has 0 fully saturated rings. The largest absolute Gasteiger partial charge is 0.590 e. The van der Waals surface area contributed by atoms with E-state index in [1.165, 1.54) is 54.0 Å². The minimum atomic E-state index is -0.140. The normalized spacial score (nSPS) is 13.7. The van der Waals surface area contributed by atoms with Gasteiger partial charge in [-0.2, -0.15) is 21.1 Å². The lowest BCUT2D eigenvalue weighted by atomic mass is 10.0. The number of ether oxygens (including phenoxy) is 4. The van der Waals surface area contributed by atoms with E-state index in [-0.39, 0.29) is 14.0 Å². The van der Waals surface area contributed by atoms with Crippen molar-refractivity contribution in [2.75, 3.05) is 85.8 Å². The number of likely N-dealkylation sites (N-methyl/N-ethyl adjacent to an activating group) is 1. The number of hydrazone groups is 2. The lowest BCUT2D eigenvalue weighted by molar-refractivity contribution is -0.574. The van der Waals surface area contributed by atoms with Crippen LogP contribution in [0.15, 0.2) is 308 Å². The van der Waals surface area contributed by atoms with E-state index in [1.807, 2.05) is 328 Å². The second-order valence-corrected chi connectivity index (χ2v) is 33.0. The van der Waals surface area contributed by atoms with Crippen LogP contribution in [0.3, 0.4) is 0 Å². The number of aromatic hydroxyl groups is 1. The molecule has 130 heavy (non-hydrogen) atoms. The molecule has 1 atom stereocenters. The van der Waals surface area contributed by atoms with Crippen LogP contribution in [0, 0.1) is 39.4 Å². The van der Waals surface area contributed by atoms with Gasteiger partial charge in [-0.1, -0.05) is 289 Å². The molecule has 0 saturated heterocycles. The van der Waals surface area contributed by atoms with Gasteiger partial charge in [0.25, 0.3) is 10.5 Å². The van der Waals surface area contributed by atoms with Crippen molar-refractivity contribution in [3.8, 4) is 23.0 Å². The summed E-state index contributed by atoms with van der Waals surface area (Å²) in [5.41, 5.74) is 42.5. The van der Waals surface area contributed by atoms with Crippen molar-refractivity contribution < 1.29 is 51.4 Å².